The fourth-order valence-electron chi connectivity index (χ4n) is 2.48. The number of anilines is 1. The summed E-state index contributed by atoms with van der Waals surface area (Å²) in [7, 11) is 0. The monoisotopic (exact) mass is 410 g/mol. The second-order valence-corrected chi connectivity index (χ2v) is 7.08. The van der Waals surface area contributed by atoms with E-state index in [9.17, 15) is 4.79 Å². The summed E-state index contributed by atoms with van der Waals surface area (Å²) in [6.45, 7) is 0. The summed E-state index contributed by atoms with van der Waals surface area (Å²) in [6, 6.07) is 14.7. The summed E-state index contributed by atoms with van der Waals surface area (Å²) in [4.78, 5) is 17.1. The van der Waals surface area contributed by atoms with Crippen LogP contribution in [0, 0.1) is 0 Å². The largest absolute Gasteiger partial charge is 0.342 e. The Morgan fingerprint density at radius 1 is 1.20 bits per heavy atom. The van der Waals surface area contributed by atoms with Crippen molar-refractivity contribution in [3.8, 4) is 0 Å². The Bertz CT molecular complexity index is 958. The lowest BCUT2D eigenvalue weighted by molar-refractivity contribution is 0.0910. The predicted octanol–water partition coefficient (Wildman–Crippen LogP) is 4.17. The van der Waals surface area contributed by atoms with Crippen molar-refractivity contribution in [1.29, 1.82) is 0 Å². The number of nitrogens with zero attached hydrogens (tertiary/aromatic N) is 2. The molecule has 4 rings (SSSR count). The number of halogens is 2. The van der Waals surface area contributed by atoms with Crippen molar-refractivity contribution in [2.24, 2.45) is 0 Å². The standard InChI is InChI=1S/C16H11ClN4OS2.ClH/c17-9-5-7-10(8-6-9)18-15(23)20-13-14(22)21-12-4-2-1-3-11(12)19-16(21)24-13;/h1-8,13H,(H2,18,20,23);1H. The third kappa shape index (κ3) is 3.46. The highest BCUT2D eigenvalue weighted by Crippen LogP contribution is 2.33. The number of para-hydroxylation sites is 2. The van der Waals surface area contributed by atoms with Gasteiger partial charge in [-0.15, -0.1) is 12.4 Å². The molecular formula is C16H12Cl2N4OS2. The first kappa shape index (κ1) is 18.0. The molecule has 9 heteroatoms. The Labute approximate surface area is 164 Å². The van der Waals surface area contributed by atoms with E-state index < -0.39 is 5.37 Å². The van der Waals surface area contributed by atoms with Gasteiger partial charge in [0.05, 0.1) is 11.0 Å². The maximum Gasteiger partial charge on any atom is 0.266 e. The first-order chi connectivity index (χ1) is 11.6. The molecular weight excluding hydrogens is 399 g/mol. The maximum atomic E-state index is 12.6. The molecule has 128 valence electrons. The molecule has 25 heavy (non-hydrogen) atoms. The first-order valence-corrected chi connectivity index (χ1v) is 8.80. The van der Waals surface area contributed by atoms with Gasteiger partial charge >= 0.3 is 0 Å². The molecule has 1 atom stereocenters. The number of hydrogen-bond acceptors (Lipinski definition) is 4. The summed E-state index contributed by atoms with van der Waals surface area (Å²) >= 11 is 12.5. The molecule has 0 radical (unpaired) electrons. The zero-order valence-electron chi connectivity index (χ0n) is 12.6. The van der Waals surface area contributed by atoms with Crippen molar-refractivity contribution >= 4 is 75.7 Å². The highest BCUT2D eigenvalue weighted by molar-refractivity contribution is 8.01. The van der Waals surface area contributed by atoms with Gasteiger partial charge < -0.3 is 10.6 Å². The van der Waals surface area contributed by atoms with Crippen LogP contribution in [0.25, 0.3) is 11.0 Å². The van der Waals surface area contributed by atoms with Crippen molar-refractivity contribution in [3.05, 3.63) is 53.6 Å². The summed E-state index contributed by atoms with van der Waals surface area (Å²) in [5.74, 6) is -0.0797. The Balaban J connectivity index is 0.00000182. The molecule has 1 unspecified atom stereocenters. The summed E-state index contributed by atoms with van der Waals surface area (Å²) < 4.78 is 1.63. The van der Waals surface area contributed by atoms with Gasteiger partial charge in [-0.05, 0) is 48.6 Å². The number of nitrogens with one attached hydrogen (secondary N) is 2. The number of carbonyl (C=O) groups is 1. The normalized spacial score (nSPS) is 15.6. The van der Waals surface area contributed by atoms with Gasteiger partial charge in [0.25, 0.3) is 5.91 Å². The Morgan fingerprint density at radius 3 is 2.68 bits per heavy atom. The number of hydrogen-bond donors (Lipinski definition) is 2. The first-order valence-electron chi connectivity index (χ1n) is 7.13. The van der Waals surface area contributed by atoms with E-state index >= 15 is 0 Å². The van der Waals surface area contributed by atoms with E-state index in [2.05, 4.69) is 15.6 Å². The van der Waals surface area contributed by atoms with Gasteiger partial charge in [-0.3, -0.25) is 9.36 Å². The number of aromatic nitrogens is 2. The number of fused-ring (bicyclic) bond motifs is 3. The minimum atomic E-state index is -0.496. The van der Waals surface area contributed by atoms with Gasteiger partial charge in [0.15, 0.2) is 15.6 Å². The average Bonchev–Trinajstić information content (AvgIpc) is 3.07. The minimum absolute atomic E-state index is 0. The van der Waals surface area contributed by atoms with Crippen LogP contribution in [0.5, 0.6) is 0 Å². The van der Waals surface area contributed by atoms with E-state index in [1.165, 1.54) is 11.8 Å². The van der Waals surface area contributed by atoms with E-state index in [1.54, 1.807) is 16.7 Å². The van der Waals surface area contributed by atoms with Crippen LogP contribution in [0.1, 0.15) is 4.79 Å². The van der Waals surface area contributed by atoms with E-state index in [4.69, 9.17) is 23.8 Å². The molecule has 1 aromatic heterocycles. The molecule has 2 aromatic carbocycles. The zero-order valence-corrected chi connectivity index (χ0v) is 15.8. The topological polar surface area (TPSA) is 59.0 Å². The van der Waals surface area contributed by atoms with Crippen molar-refractivity contribution in [1.82, 2.24) is 14.9 Å². The lowest BCUT2D eigenvalue weighted by Crippen LogP contribution is -2.40. The van der Waals surface area contributed by atoms with Crippen LogP contribution in [0.3, 0.4) is 0 Å². The predicted molar refractivity (Wildman–Crippen MR) is 108 cm³/mol. The van der Waals surface area contributed by atoms with Crippen LogP contribution < -0.4 is 10.6 Å². The molecule has 0 aliphatic carbocycles. The Morgan fingerprint density at radius 2 is 1.92 bits per heavy atom. The zero-order chi connectivity index (χ0) is 16.7. The Kier molecular flexibility index (Phi) is 5.19. The van der Waals surface area contributed by atoms with Crippen molar-refractivity contribution in [3.63, 3.8) is 0 Å². The molecule has 5 nitrogen and oxygen atoms in total. The van der Waals surface area contributed by atoms with Gasteiger partial charge in [-0.1, -0.05) is 35.5 Å². The van der Waals surface area contributed by atoms with Crippen LogP contribution in [0.15, 0.2) is 53.7 Å². The van der Waals surface area contributed by atoms with Crippen molar-refractivity contribution in [2.75, 3.05) is 5.32 Å². The lowest BCUT2D eigenvalue weighted by Gasteiger charge is -2.14. The lowest BCUT2D eigenvalue weighted by atomic mass is 10.3. The number of rotatable bonds is 2. The fourth-order valence-corrected chi connectivity index (χ4v) is 3.95. The van der Waals surface area contributed by atoms with Gasteiger partial charge in [-0.25, -0.2) is 4.98 Å². The van der Waals surface area contributed by atoms with Gasteiger partial charge in [-0.2, -0.15) is 0 Å². The number of benzene rings is 2. The van der Waals surface area contributed by atoms with Gasteiger partial charge in [0, 0.05) is 10.7 Å². The molecule has 0 bridgehead atoms. The average molecular weight is 411 g/mol. The van der Waals surface area contributed by atoms with E-state index in [0.717, 1.165) is 16.7 Å². The van der Waals surface area contributed by atoms with Crippen LogP contribution in [0.4, 0.5) is 5.69 Å². The fraction of sp³-hybridized carbons (Fsp3) is 0.0625. The number of imidazole rings is 1. The molecule has 1 aliphatic heterocycles. The van der Waals surface area contributed by atoms with Crippen LogP contribution in [-0.2, 0) is 0 Å². The maximum absolute atomic E-state index is 12.6. The highest BCUT2D eigenvalue weighted by Gasteiger charge is 2.34. The molecule has 0 amide bonds. The summed E-state index contributed by atoms with van der Waals surface area (Å²) in [6.07, 6.45) is 0. The molecule has 0 saturated carbocycles. The van der Waals surface area contributed by atoms with Crippen molar-refractivity contribution in [2.45, 2.75) is 10.5 Å². The third-order valence-corrected chi connectivity index (χ3v) is 5.07. The molecule has 0 saturated heterocycles. The van der Waals surface area contributed by atoms with E-state index in [-0.39, 0.29) is 18.3 Å². The number of thiocarbonyl (C=S) groups is 1. The second kappa shape index (κ2) is 7.21. The number of carbonyl (C=O) groups excluding carboxylic acids is 1. The molecule has 1 aliphatic rings. The molecule has 2 N–H and O–H groups in total. The molecule has 0 spiro atoms. The quantitative estimate of drug-likeness (QED) is 0.618. The second-order valence-electron chi connectivity index (χ2n) is 5.16. The van der Waals surface area contributed by atoms with Gasteiger partial charge in [0.2, 0.25) is 0 Å². The van der Waals surface area contributed by atoms with E-state index in [0.29, 0.717) is 15.3 Å². The Hall–Kier alpha value is -1.80. The highest BCUT2D eigenvalue weighted by atomic mass is 35.5. The smallest absolute Gasteiger partial charge is 0.266 e. The molecule has 3 aromatic rings. The molecule has 2 heterocycles. The van der Waals surface area contributed by atoms with Gasteiger partial charge in [0.1, 0.15) is 0 Å². The van der Waals surface area contributed by atoms with Crippen LogP contribution >= 0.6 is 48.0 Å². The minimum Gasteiger partial charge on any atom is -0.342 e. The van der Waals surface area contributed by atoms with E-state index in [1.807, 2.05) is 36.4 Å². The number of thioether (sulfide) groups is 1. The summed E-state index contributed by atoms with van der Waals surface area (Å²) in [5.41, 5.74) is 2.43. The summed E-state index contributed by atoms with van der Waals surface area (Å²) in [5, 5.41) is 7.27. The SMILES string of the molecule is Cl.O=C1C(NC(=S)Nc2ccc(Cl)cc2)Sc2nc3ccccc3n21. The van der Waals surface area contributed by atoms with Crippen LogP contribution in [0.2, 0.25) is 5.02 Å². The van der Waals surface area contributed by atoms with Crippen molar-refractivity contribution < 1.29 is 4.79 Å². The molecule has 0 fully saturated rings. The van der Waals surface area contributed by atoms with Crippen LogP contribution in [-0.4, -0.2) is 25.9 Å². The third-order valence-electron chi connectivity index (χ3n) is 3.56.